The quantitative estimate of drug-likeness (QED) is 0.718. The molecule has 126 valence electrons. The molecule has 2 N–H and O–H groups in total. The summed E-state index contributed by atoms with van der Waals surface area (Å²) in [5.41, 5.74) is 5.37. The van der Waals surface area contributed by atoms with E-state index in [4.69, 9.17) is 0 Å². The van der Waals surface area contributed by atoms with Gasteiger partial charge in [0.1, 0.15) is 11.5 Å². The maximum atomic E-state index is 10.7. The molecule has 2 aromatic rings. The van der Waals surface area contributed by atoms with Gasteiger partial charge in [0.25, 0.3) is 0 Å². The highest BCUT2D eigenvalue weighted by atomic mass is 16.3. The van der Waals surface area contributed by atoms with E-state index in [9.17, 15) is 10.2 Å². The first-order valence-electron chi connectivity index (χ1n) is 8.15. The number of aromatic hydroxyl groups is 2. The number of hydrogen-bond donors (Lipinski definition) is 2. The van der Waals surface area contributed by atoms with E-state index in [0.29, 0.717) is 0 Å². The second kappa shape index (κ2) is 6.96. The number of rotatable bonds is 5. The Balaban J connectivity index is 2.81. The standard InChI is InChI=1S/C22H26O2/c1-7-17(8-2)20(18-11-13(3)9-15(5)21(18)23)19-12-14(4)10-16(6)22(19)24/h7-12,17,20,23-24H,1-2H2,3-6H3. The molecule has 2 aromatic carbocycles. The summed E-state index contributed by atoms with van der Waals surface area (Å²) < 4.78 is 0. The third-order valence-corrected chi connectivity index (χ3v) is 4.55. The molecule has 0 aliphatic rings. The SMILES string of the molecule is C=CC(C=C)C(c1cc(C)cc(C)c1O)c1cc(C)cc(C)c1O. The molecule has 0 amide bonds. The monoisotopic (exact) mass is 322 g/mol. The number of phenolic OH excluding ortho intramolecular Hbond substituents is 2. The van der Waals surface area contributed by atoms with Crippen molar-refractivity contribution in [1.29, 1.82) is 0 Å². The number of allylic oxidation sites excluding steroid dienone is 2. The molecule has 2 heteroatoms. The summed E-state index contributed by atoms with van der Waals surface area (Å²) in [6, 6.07) is 7.86. The summed E-state index contributed by atoms with van der Waals surface area (Å²) in [5.74, 6) is 0.178. The van der Waals surface area contributed by atoms with Gasteiger partial charge in [-0.2, -0.15) is 0 Å². The van der Waals surface area contributed by atoms with Crippen LogP contribution < -0.4 is 0 Å². The summed E-state index contributed by atoms with van der Waals surface area (Å²) in [6.07, 6.45) is 3.62. The van der Waals surface area contributed by atoms with Gasteiger partial charge in [-0.15, -0.1) is 13.2 Å². The highest BCUT2D eigenvalue weighted by Gasteiger charge is 2.27. The molecule has 0 fully saturated rings. The van der Waals surface area contributed by atoms with E-state index in [1.165, 1.54) is 0 Å². The zero-order chi connectivity index (χ0) is 18.0. The Morgan fingerprint density at radius 2 is 1.12 bits per heavy atom. The second-order valence-corrected chi connectivity index (χ2v) is 6.57. The van der Waals surface area contributed by atoms with Gasteiger partial charge in [-0.25, -0.2) is 0 Å². The van der Waals surface area contributed by atoms with Crippen LogP contribution in [0, 0.1) is 33.6 Å². The van der Waals surface area contributed by atoms with Crippen LogP contribution in [0.5, 0.6) is 11.5 Å². The van der Waals surface area contributed by atoms with E-state index in [1.807, 2.05) is 64.1 Å². The van der Waals surface area contributed by atoms with Crippen molar-refractivity contribution in [2.75, 3.05) is 0 Å². The zero-order valence-electron chi connectivity index (χ0n) is 14.9. The lowest BCUT2D eigenvalue weighted by molar-refractivity contribution is 0.443. The Kier molecular flexibility index (Phi) is 5.18. The lowest BCUT2D eigenvalue weighted by Crippen LogP contribution is -2.12. The summed E-state index contributed by atoms with van der Waals surface area (Å²) >= 11 is 0. The van der Waals surface area contributed by atoms with Crippen molar-refractivity contribution in [3.63, 3.8) is 0 Å². The minimum atomic E-state index is -0.239. The van der Waals surface area contributed by atoms with Crippen molar-refractivity contribution in [3.05, 3.63) is 83.0 Å². The van der Waals surface area contributed by atoms with Crippen LogP contribution in [0.3, 0.4) is 0 Å². The summed E-state index contributed by atoms with van der Waals surface area (Å²) in [7, 11) is 0. The van der Waals surface area contributed by atoms with Gasteiger partial charge in [0, 0.05) is 23.0 Å². The third kappa shape index (κ3) is 3.23. The summed E-state index contributed by atoms with van der Waals surface area (Å²) in [4.78, 5) is 0. The molecule has 0 bridgehead atoms. The smallest absolute Gasteiger partial charge is 0.122 e. The molecule has 2 rings (SSSR count). The lowest BCUT2D eigenvalue weighted by Gasteiger charge is -2.27. The van der Waals surface area contributed by atoms with Crippen LogP contribution in [-0.2, 0) is 0 Å². The fourth-order valence-electron chi connectivity index (χ4n) is 3.41. The van der Waals surface area contributed by atoms with Crippen LogP contribution in [0.25, 0.3) is 0 Å². The molecule has 0 heterocycles. The average Bonchev–Trinajstić information content (AvgIpc) is 2.52. The molecule has 0 atom stereocenters. The van der Waals surface area contributed by atoms with Gasteiger partial charge >= 0.3 is 0 Å². The Hall–Kier alpha value is -2.48. The van der Waals surface area contributed by atoms with Gasteiger partial charge in [-0.3, -0.25) is 0 Å². The Labute approximate surface area is 144 Å². The molecule has 0 unspecified atom stereocenters. The Morgan fingerprint density at radius 1 is 0.750 bits per heavy atom. The minimum absolute atomic E-state index is 0.107. The number of hydrogen-bond acceptors (Lipinski definition) is 2. The first kappa shape index (κ1) is 17.9. The lowest BCUT2D eigenvalue weighted by atomic mass is 9.78. The molecule has 0 spiro atoms. The molecular weight excluding hydrogens is 296 g/mol. The molecule has 0 saturated heterocycles. The first-order chi connectivity index (χ1) is 11.3. The van der Waals surface area contributed by atoms with E-state index < -0.39 is 0 Å². The van der Waals surface area contributed by atoms with Crippen molar-refractivity contribution in [1.82, 2.24) is 0 Å². The van der Waals surface area contributed by atoms with E-state index >= 15 is 0 Å². The minimum Gasteiger partial charge on any atom is -0.507 e. The van der Waals surface area contributed by atoms with Crippen LogP contribution in [0.4, 0.5) is 0 Å². The van der Waals surface area contributed by atoms with Gasteiger partial charge in [0.2, 0.25) is 0 Å². The van der Waals surface area contributed by atoms with Crippen LogP contribution in [0.2, 0.25) is 0 Å². The molecule has 0 aliphatic carbocycles. The molecule has 0 aromatic heterocycles. The molecule has 0 aliphatic heterocycles. The Morgan fingerprint density at radius 3 is 1.46 bits per heavy atom. The molecule has 0 saturated carbocycles. The van der Waals surface area contributed by atoms with Crippen LogP contribution >= 0.6 is 0 Å². The number of aryl methyl sites for hydroxylation is 4. The van der Waals surface area contributed by atoms with E-state index in [1.54, 1.807) is 0 Å². The maximum Gasteiger partial charge on any atom is 0.122 e. The van der Waals surface area contributed by atoms with Crippen molar-refractivity contribution in [3.8, 4) is 11.5 Å². The van der Waals surface area contributed by atoms with Gasteiger partial charge in [0.15, 0.2) is 0 Å². The van der Waals surface area contributed by atoms with Gasteiger partial charge in [-0.05, 0) is 38.8 Å². The van der Waals surface area contributed by atoms with Crippen LogP contribution in [0.1, 0.15) is 39.3 Å². The van der Waals surface area contributed by atoms with E-state index in [2.05, 4.69) is 13.2 Å². The molecule has 0 radical (unpaired) electrons. The topological polar surface area (TPSA) is 40.5 Å². The average molecular weight is 322 g/mol. The van der Waals surface area contributed by atoms with Crippen molar-refractivity contribution >= 4 is 0 Å². The van der Waals surface area contributed by atoms with Gasteiger partial charge in [-0.1, -0.05) is 47.5 Å². The van der Waals surface area contributed by atoms with Gasteiger partial charge < -0.3 is 10.2 Å². The third-order valence-electron chi connectivity index (χ3n) is 4.55. The first-order valence-corrected chi connectivity index (χ1v) is 8.15. The van der Waals surface area contributed by atoms with Crippen molar-refractivity contribution in [2.45, 2.75) is 33.6 Å². The van der Waals surface area contributed by atoms with Crippen molar-refractivity contribution in [2.24, 2.45) is 5.92 Å². The second-order valence-electron chi connectivity index (χ2n) is 6.57. The summed E-state index contributed by atoms with van der Waals surface area (Å²) in [6.45, 7) is 15.6. The normalized spacial score (nSPS) is 11.1. The Bertz CT molecular complexity index is 722. The van der Waals surface area contributed by atoms with Crippen LogP contribution in [0.15, 0.2) is 49.6 Å². The molecule has 24 heavy (non-hydrogen) atoms. The zero-order valence-corrected chi connectivity index (χ0v) is 14.9. The largest absolute Gasteiger partial charge is 0.507 e. The molecular formula is C22H26O2. The fourth-order valence-corrected chi connectivity index (χ4v) is 3.41. The van der Waals surface area contributed by atoms with E-state index in [0.717, 1.165) is 33.4 Å². The fraction of sp³-hybridized carbons (Fsp3) is 0.273. The molecule has 2 nitrogen and oxygen atoms in total. The summed E-state index contributed by atoms with van der Waals surface area (Å²) in [5, 5.41) is 21.3. The van der Waals surface area contributed by atoms with E-state index in [-0.39, 0.29) is 23.3 Å². The number of phenols is 2. The van der Waals surface area contributed by atoms with Crippen molar-refractivity contribution < 1.29 is 10.2 Å². The maximum absolute atomic E-state index is 10.7. The van der Waals surface area contributed by atoms with Crippen LogP contribution in [-0.4, -0.2) is 10.2 Å². The predicted octanol–water partition coefficient (Wildman–Crippen LogP) is 5.45. The highest BCUT2D eigenvalue weighted by Crippen LogP contribution is 2.44. The van der Waals surface area contributed by atoms with Gasteiger partial charge in [0.05, 0.1) is 0 Å². The number of benzene rings is 2. The predicted molar refractivity (Wildman–Crippen MR) is 101 cm³/mol. The highest BCUT2D eigenvalue weighted by molar-refractivity contribution is 5.54.